The maximum atomic E-state index is 9.90. The van der Waals surface area contributed by atoms with Crippen LogP contribution in [0.3, 0.4) is 0 Å². The van der Waals surface area contributed by atoms with Gasteiger partial charge in [-0.05, 0) is 63.9 Å². The molecule has 0 spiro atoms. The molecule has 0 radical (unpaired) electrons. The van der Waals surface area contributed by atoms with E-state index in [1.165, 1.54) is 17.9 Å². The fourth-order valence-corrected chi connectivity index (χ4v) is 7.24. The van der Waals surface area contributed by atoms with E-state index in [1.54, 1.807) is 0 Å². The predicted molar refractivity (Wildman–Crippen MR) is 106 cm³/mol. The monoisotopic (exact) mass is 376 g/mol. The summed E-state index contributed by atoms with van der Waals surface area (Å²) in [7, 11) is 0. The van der Waals surface area contributed by atoms with Crippen LogP contribution in [0.1, 0.15) is 72.6 Å². The van der Waals surface area contributed by atoms with Gasteiger partial charge in [-0.15, -0.1) is 23.5 Å². The summed E-state index contributed by atoms with van der Waals surface area (Å²) >= 11 is 4.11. The molecule has 0 aromatic heterocycles. The van der Waals surface area contributed by atoms with E-state index in [0.717, 1.165) is 51.7 Å². The van der Waals surface area contributed by atoms with Gasteiger partial charge in [0.15, 0.2) is 5.79 Å². The molecule has 5 heteroatoms. The van der Waals surface area contributed by atoms with Crippen LogP contribution in [0, 0.1) is 5.41 Å². The molecule has 2 fully saturated rings. The van der Waals surface area contributed by atoms with Crippen LogP contribution in [-0.2, 0) is 9.47 Å². The van der Waals surface area contributed by atoms with Gasteiger partial charge in [0, 0.05) is 11.8 Å². The summed E-state index contributed by atoms with van der Waals surface area (Å²) in [4.78, 5) is 0. The Morgan fingerprint density at radius 3 is 2.12 bits per heavy atom. The minimum absolute atomic E-state index is 0.189. The summed E-state index contributed by atoms with van der Waals surface area (Å²) in [6.07, 6.45) is 7.34. The number of thioether (sulfide) groups is 2. The molecule has 0 aromatic rings. The second-order valence-corrected chi connectivity index (χ2v) is 11.0. The molecule has 2 aliphatic rings. The summed E-state index contributed by atoms with van der Waals surface area (Å²) in [6, 6.07) is 0. The van der Waals surface area contributed by atoms with Crippen LogP contribution in [0.15, 0.2) is 0 Å². The standard InChI is InChI=1S/C19H36O3S2/c1-5-18(6-2)14-21-17(4,22-15-18)9-7-10-19(13-16(3)20)23-11-8-12-24-19/h16,20H,5-15H2,1-4H3/t16-/m0/s1. The van der Waals surface area contributed by atoms with Gasteiger partial charge in [0.25, 0.3) is 0 Å². The molecule has 0 saturated carbocycles. The highest BCUT2D eigenvalue weighted by molar-refractivity contribution is 8.18. The first kappa shape index (κ1) is 20.9. The molecule has 2 heterocycles. The Labute approximate surface area is 157 Å². The van der Waals surface area contributed by atoms with Crippen molar-refractivity contribution in [3.63, 3.8) is 0 Å². The molecular weight excluding hydrogens is 340 g/mol. The van der Waals surface area contributed by atoms with Crippen LogP contribution in [0.2, 0.25) is 0 Å². The Hall–Kier alpha value is 0.580. The molecule has 1 N–H and O–H groups in total. The van der Waals surface area contributed by atoms with Crippen molar-refractivity contribution in [2.75, 3.05) is 24.7 Å². The highest BCUT2D eigenvalue weighted by Gasteiger charge is 2.41. The zero-order valence-corrected chi connectivity index (χ0v) is 17.6. The van der Waals surface area contributed by atoms with E-state index in [1.807, 2.05) is 6.92 Å². The molecule has 142 valence electrons. The lowest BCUT2D eigenvalue weighted by atomic mass is 9.83. The molecule has 0 bridgehead atoms. The summed E-state index contributed by atoms with van der Waals surface area (Å²) in [5.41, 5.74) is 0.210. The summed E-state index contributed by atoms with van der Waals surface area (Å²) in [6.45, 7) is 10.1. The quantitative estimate of drug-likeness (QED) is 0.641. The van der Waals surface area contributed by atoms with Crippen molar-refractivity contribution < 1.29 is 14.6 Å². The van der Waals surface area contributed by atoms with Crippen molar-refractivity contribution in [2.45, 2.75) is 88.6 Å². The largest absolute Gasteiger partial charge is 0.393 e. The molecule has 3 nitrogen and oxygen atoms in total. The third kappa shape index (κ3) is 5.54. The van der Waals surface area contributed by atoms with Crippen LogP contribution in [0.25, 0.3) is 0 Å². The molecule has 0 aromatic carbocycles. The van der Waals surface area contributed by atoms with Crippen LogP contribution < -0.4 is 0 Å². The number of aliphatic hydroxyl groups is 1. The zero-order chi connectivity index (χ0) is 17.7. The van der Waals surface area contributed by atoms with Crippen molar-refractivity contribution in [3.8, 4) is 0 Å². The summed E-state index contributed by atoms with van der Waals surface area (Å²) < 4.78 is 12.6. The van der Waals surface area contributed by atoms with Crippen molar-refractivity contribution in [2.24, 2.45) is 5.41 Å². The van der Waals surface area contributed by atoms with Crippen molar-refractivity contribution in [1.82, 2.24) is 0 Å². The maximum absolute atomic E-state index is 9.90. The van der Waals surface area contributed by atoms with E-state index in [0.29, 0.717) is 0 Å². The Balaban J connectivity index is 1.83. The second kappa shape index (κ2) is 8.98. The third-order valence-electron chi connectivity index (χ3n) is 5.68. The summed E-state index contributed by atoms with van der Waals surface area (Å²) in [5, 5.41) is 9.90. The summed E-state index contributed by atoms with van der Waals surface area (Å²) in [5.74, 6) is 2.02. The maximum Gasteiger partial charge on any atom is 0.165 e. The van der Waals surface area contributed by atoms with E-state index in [9.17, 15) is 5.11 Å². The highest BCUT2D eigenvalue weighted by atomic mass is 32.2. The van der Waals surface area contributed by atoms with E-state index in [-0.39, 0.29) is 15.6 Å². The van der Waals surface area contributed by atoms with Crippen LogP contribution in [0.5, 0.6) is 0 Å². The lowest BCUT2D eigenvalue weighted by Crippen LogP contribution is -2.47. The van der Waals surface area contributed by atoms with Crippen LogP contribution in [0.4, 0.5) is 0 Å². The van der Waals surface area contributed by atoms with Gasteiger partial charge < -0.3 is 14.6 Å². The van der Waals surface area contributed by atoms with Crippen LogP contribution in [-0.4, -0.2) is 45.8 Å². The van der Waals surface area contributed by atoms with Crippen molar-refractivity contribution in [3.05, 3.63) is 0 Å². The number of aliphatic hydroxyl groups excluding tert-OH is 1. The molecule has 0 unspecified atom stereocenters. The molecule has 0 amide bonds. The zero-order valence-electron chi connectivity index (χ0n) is 15.9. The Morgan fingerprint density at radius 2 is 1.62 bits per heavy atom. The molecule has 2 aliphatic heterocycles. The van der Waals surface area contributed by atoms with Crippen molar-refractivity contribution >= 4 is 23.5 Å². The average molecular weight is 377 g/mol. The fraction of sp³-hybridized carbons (Fsp3) is 1.00. The Kier molecular flexibility index (Phi) is 7.82. The van der Waals surface area contributed by atoms with Gasteiger partial charge >= 0.3 is 0 Å². The fourth-order valence-electron chi connectivity index (χ4n) is 3.61. The van der Waals surface area contributed by atoms with E-state index >= 15 is 0 Å². The van der Waals surface area contributed by atoms with Gasteiger partial charge in [-0.3, -0.25) is 0 Å². The predicted octanol–water partition coefficient (Wildman–Crippen LogP) is 5.06. The number of rotatable bonds is 8. The number of hydrogen-bond acceptors (Lipinski definition) is 5. The molecule has 2 saturated heterocycles. The minimum atomic E-state index is -0.427. The van der Waals surface area contributed by atoms with Gasteiger partial charge in [-0.1, -0.05) is 13.8 Å². The Morgan fingerprint density at radius 1 is 1.04 bits per heavy atom. The first-order valence-corrected chi connectivity index (χ1v) is 11.6. The molecular formula is C19H36O3S2. The SMILES string of the molecule is CCC1(CC)COC(C)(CCCC2(C[C@H](C)O)SCCCS2)OC1. The number of hydrogen-bond donors (Lipinski definition) is 1. The van der Waals surface area contributed by atoms with Gasteiger partial charge in [-0.25, -0.2) is 0 Å². The van der Waals surface area contributed by atoms with E-state index in [2.05, 4.69) is 44.3 Å². The van der Waals surface area contributed by atoms with Gasteiger partial charge in [-0.2, -0.15) is 0 Å². The van der Waals surface area contributed by atoms with E-state index < -0.39 is 5.79 Å². The van der Waals surface area contributed by atoms with Crippen molar-refractivity contribution in [1.29, 1.82) is 0 Å². The lowest BCUT2D eigenvalue weighted by molar-refractivity contribution is -0.299. The topological polar surface area (TPSA) is 38.7 Å². The lowest BCUT2D eigenvalue weighted by Gasteiger charge is -2.45. The molecule has 24 heavy (non-hydrogen) atoms. The van der Waals surface area contributed by atoms with Crippen LogP contribution >= 0.6 is 23.5 Å². The number of ether oxygens (including phenoxy) is 2. The molecule has 0 aliphatic carbocycles. The minimum Gasteiger partial charge on any atom is -0.393 e. The van der Waals surface area contributed by atoms with Gasteiger partial charge in [0.05, 0.1) is 23.4 Å². The smallest absolute Gasteiger partial charge is 0.165 e. The third-order valence-corrected chi connectivity index (χ3v) is 9.17. The average Bonchev–Trinajstić information content (AvgIpc) is 2.56. The molecule has 2 rings (SSSR count). The first-order chi connectivity index (χ1) is 11.4. The first-order valence-electron chi connectivity index (χ1n) is 9.60. The van der Waals surface area contributed by atoms with Gasteiger partial charge in [0.2, 0.25) is 0 Å². The second-order valence-electron chi connectivity index (χ2n) is 7.79. The van der Waals surface area contributed by atoms with Gasteiger partial charge in [0.1, 0.15) is 0 Å². The highest BCUT2D eigenvalue weighted by Crippen LogP contribution is 2.49. The Bertz CT molecular complexity index is 367. The molecule has 1 atom stereocenters. The normalized spacial score (nSPS) is 26.9. The van der Waals surface area contributed by atoms with E-state index in [4.69, 9.17) is 9.47 Å².